The SMILES string of the molecule is CCNc1cc(S(=O)(=O)NCC2CCCCC2)ccn1. The number of pyridine rings is 1. The maximum absolute atomic E-state index is 12.3. The molecule has 1 aromatic heterocycles. The van der Waals surface area contributed by atoms with E-state index in [0.29, 0.717) is 24.8 Å². The van der Waals surface area contributed by atoms with Crippen LogP contribution < -0.4 is 10.0 Å². The van der Waals surface area contributed by atoms with Crippen molar-refractivity contribution < 1.29 is 8.42 Å². The van der Waals surface area contributed by atoms with Crippen molar-refractivity contribution >= 4 is 15.8 Å². The summed E-state index contributed by atoms with van der Waals surface area (Å²) in [5.74, 6) is 1.07. The van der Waals surface area contributed by atoms with Crippen molar-refractivity contribution in [2.75, 3.05) is 18.4 Å². The fraction of sp³-hybridized carbons (Fsp3) is 0.643. The van der Waals surface area contributed by atoms with Crippen LogP contribution in [-0.4, -0.2) is 26.5 Å². The lowest BCUT2D eigenvalue weighted by molar-refractivity contribution is 0.357. The van der Waals surface area contributed by atoms with Crippen molar-refractivity contribution in [3.05, 3.63) is 18.3 Å². The minimum Gasteiger partial charge on any atom is -0.370 e. The standard InChI is InChI=1S/C14H23N3O2S/c1-2-15-14-10-13(8-9-16-14)20(18,19)17-11-12-6-4-3-5-7-12/h8-10,12,17H,2-7,11H2,1H3,(H,15,16). The Bertz CT molecular complexity index is 525. The molecule has 112 valence electrons. The van der Waals surface area contributed by atoms with Crippen LogP contribution in [0.25, 0.3) is 0 Å². The first-order chi connectivity index (χ1) is 9.62. The summed E-state index contributed by atoms with van der Waals surface area (Å²) < 4.78 is 27.3. The molecule has 0 aromatic carbocycles. The molecule has 1 aliphatic rings. The van der Waals surface area contributed by atoms with Gasteiger partial charge in [0.05, 0.1) is 4.90 Å². The van der Waals surface area contributed by atoms with E-state index in [9.17, 15) is 8.42 Å². The number of nitrogens with zero attached hydrogens (tertiary/aromatic N) is 1. The molecule has 1 aromatic rings. The summed E-state index contributed by atoms with van der Waals surface area (Å²) in [6.45, 7) is 3.21. The highest BCUT2D eigenvalue weighted by Gasteiger charge is 2.19. The van der Waals surface area contributed by atoms with E-state index >= 15 is 0 Å². The Labute approximate surface area is 121 Å². The second-order valence-electron chi connectivity index (χ2n) is 5.26. The first-order valence-corrected chi connectivity index (χ1v) is 8.79. The highest BCUT2D eigenvalue weighted by Crippen LogP contribution is 2.23. The molecule has 0 bridgehead atoms. The van der Waals surface area contributed by atoms with Crippen LogP contribution in [0.2, 0.25) is 0 Å². The van der Waals surface area contributed by atoms with Gasteiger partial charge in [0.15, 0.2) is 0 Å². The first kappa shape index (κ1) is 15.3. The number of aromatic nitrogens is 1. The first-order valence-electron chi connectivity index (χ1n) is 7.31. The van der Waals surface area contributed by atoms with E-state index in [0.717, 1.165) is 12.8 Å². The molecule has 1 aliphatic carbocycles. The molecule has 2 rings (SSSR count). The summed E-state index contributed by atoms with van der Waals surface area (Å²) in [6, 6.07) is 3.11. The third kappa shape index (κ3) is 4.18. The zero-order chi connectivity index (χ0) is 14.4. The van der Waals surface area contributed by atoms with Gasteiger partial charge in [0.25, 0.3) is 0 Å². The lowest BCUT2D eigenvalue weighted by atomic mass is 9.90. The third-order valence-electron chi connectivity index (χ3n) is 3.69. The van der Waals surface area contributed by atoms with E-state index in [-0.39, 0.29) is 4.90 Å². The highest BCUT2D eigenvalue weighted by atomic mass is 32.2. The summed E-state index contributed by atoms with van der Waals surface area (Å²) in [5.41, 5.74) is 0. The number of nitrogens with one attached hydrogen (secondary N) is 2. The molecule has 5 nitrogen and oxygen atoms in total. The number of hydrogen-bond acceptors (Lipinski definition) is 4. The Morgan fingerprint density at radius 2 is 2.05 bits per heavy atom. The molecule has 0 spiro atoms. The van der Waals surface area contributed by atoms with Crippen LogP contribution in [0.3, 0.4) is 0 Å². The lowest BCUT2D eigenvalue weighted by Gasteiger charge is -2.21. The molecule has 2 N–H and O–H groups in total. The van der Waals surface area contributed by atoms with E-state index in [1.807, 2.05) is 6.92 Å². The van der Waals surface area contributed by atoms with Crippen LogP contribution in [0.4, 0.5) is 5.82 Å². The Hall–Kier alpha value is -1.14. The van der Waals surface area contributed by atoms with Gasteiger partial charge >= 0.3 is 0 Å². The van der Waals surface area contributed by atoms with Crippen LogP contribution >= 0.6 is 0 Å². The van der Waals surface area contributed by atoms with Gasteiger partial charge in [0.2, 0.25) is 10.0 Å². The van der Waals surface area contributed by atoms with E-state index < -0.39 is 10.0 Å². The van der Waals surface area contributed by atoms with Crippen LogP contribution in [0.15, 0.2) is 23.2 Å². The normalized spacial score (nSPS) is 17.1. The van der Waals surface area contributed by atoms with Crippen molar-refractivity contribution in [3.8, 4) is 0 Å². The summed E-state index contributed by atoms with van der Waals surface area (Å²) in [6.07, 6.45) is 7.48. The van der Waals surface area contributed by atoms with Crippen molar-refractivity contribution in [2.45, 2.75) is 43.9 Å². The molecule has 1 fully saturated rings. The zero-order valence-electron chi connectivity index (χ0n) is 11.9. The van der Waals surface area contributed by atoms with Crippen LogP contribution in [0.5, 0.6) is 0 Å². The van der Waals surface area contributed by atoms with Crippen molar-refractivity contribution in [1.82, 2.24) is 9.71 Å². The van der Waals surface area contributed by atoms with E-state index in [1.54, 1.807) is 6.07 Å². The summed E-state index contributed by atoms with van der Waals surface area (Å²) >= 11 is 0. The van der Waals surface area contributed by atoms with E-state index in [1.165, 1.54) is 31.5 Å². The molecule has 0 aliphatic heterocycles. The maximum atomic E-state index is 12.3. The van der Waals surface area contributed by atoms with Gasteiger partial charge in [-0.05, 0) is 31.7 Å². The highest BCUT2D eigenvalue weighted by molar-refractivity contribution is 7.89. The van der Waals surface area contributed by atoms with Crippen LogP contribution in [0.1, 0.15) is 39.0 Å². The Kier molecular flexibility index (Phi) is 5.37. The van der Waals surface area contributed by atoms with Gasteiger partial charge in [0.1, 0.15) is 5.82 Å². The molecule has 0 unspecified atom stereocenters. The summed E-state index contributed by atoms with van der Waals surface area (Å²) in [7, 11) is -3.43. The Balaban J connectivity index is 2.00. The van der Waals surface area contributed by atoms with Gasteiger partial charge in [-0.3, -0.25) is 0 Å². The average Bonchev–Trinajstić information content (AvgIpc) is 2.47. The third-order valence-corrected chi connectivity index (χ3v) is 5.11. The largest absolute Gasteiger partial charge is 0.370 e. The van der Waals surface area contributed by atoms with Crippen molar-refractivity contribution in [3.63, 3.8) is 0 Å². The number of sulfonamides is 1. The second-order valence-corrected chi connectivity index (χ2v) is 7.03. The molecule has 1 heterocycles. The number of anilines is 1. The predicted octanol–water partition coefficient (Wildman–Crippen LogP) is 2.37. The fourth-order valence-electron chi connectivity index (χ4n) is 2.56. The second kappa shape index (κ2) is 7.04. The molecule has 1 saturated carbocycles. The molecular weight excluding hydrogens is 274 g/mol. The minimum atomic E-state index is -3.43. The van der Waals surface area contributed by atoms with Gasteiger partial charge in [-0.15, -0.1) is 0 Å². The molecular formula is C14H23N3O2S. The zero-order valence-corrected chi connectivity index (χ0v) is 12.7. The molecule has 0 amide bonds. The van der Waals surface area contributed by atoms with Crippen molar-refractivity contribution in [2.24, 2.45) is 5.92 Å². The Morgan fingerprint density at radius 3 is 2.75 bits per heavy atom. The van der Waals surface area contributed by atoms with Gasteiger partial charge in [-0.1, -0.05) is 19.3 Å². The van der Waals surface area contributed by atoms with Gasteiger partial charge < -0.3 is 5.32 Å². The molecule has 6 heteroatoms. The number of rotatable bonds is 6. The molecule has 20 heavy (non-hydrogen) atoms. The topological polar surface area (TPSA) is 71.1 Å². The lowest BCUT2D eigenvalue weighted by Crippen LogP contribution is -2.30. The van der Waals surface area contributed by atoms with Crippen molar-refractivity contribution in [1.29, 1.82) is 0 Å². The average molecular weight is 297 g/mol. The fourth-order valence-corrected chi connectivity index (χ4v) is 3.69. The van der Waals surface area contributed by atoms with E-state index in [4.69, 9.17) is 0 Å². The maximum Gasteiger partial charge on any atom is 0.240 e. The summed E-state index contributed by atoms with van der Waals surface area (Å²) in [5, 5.41) is 3.02. The van der Waals surface area contributed by atoms with Gasteiger partial charge in [0, 0.05) is 25.4 Å². The van der Waals surface area contributed by atoms with Crippen LogP contribution in [-0.2, 0) is 10.0 Å². The summed E-state index contributed by atoms with van der Waals surface area (Å²) in [4.78, 5) is 4.37. The molecule has 0 atom stereocenters. The predicted molar refractivity (Wildman–Crippen MR) is 80.2 cm³/mol. The number of hydrogen-bond donors (Lipinski definition) is 2. The van der Waals surface area contributed by atoms with Crippen LogP contribution in [0, 0.1) is 5.92 Å². The van der Waals surface area contributed by atoms with E-state index in [2.05, 4.69) is 15.0 Å². The minimum absolute atomic E-state index is 0.277. The molecule has 0 radical (unpaired) electrons. The van der Waals surface area contributed by atoms with Gasteiger partial charge in [-0.25, -0.2) is 18.1 Å². The monoisotopic (exact) mass is 297 g/mol. The van der Waals surface area contributed by atoms with Gasteiger partial charge in [-0.2, -0.15) is 0 Å². The quantitative estimate of drug-likeness (QED) is 0.845. The molecule has 0 saturated heterocycles. The Morgan fingerprint density at radius 1 is 1.30 bits per heavy atom. The smallest absolute Gasteiger partial charge is 0.240 e.